The molecule has 0 aliphatic rings. The Morgan fingerprint density at radius 3 is 2.18 bits per heavy atom. The third-order valence-corrected chi connectivity index (χ3v) is 1.73. The van der Waals surface area contributed by atoms with Gasteiger partial charge in [0, 0.05) is 11.7 Å². The number of benzene rings is 1. The first-order valence-corrected chi connectivity index (χ1v) is 5.10. The molecule has 0 unspecified atom stereocenters. The van der Waals surface area contributed by atoms with Crippen molar-refractivity contribution in [1.29, 1.82) is 10.8 Å². The monoisotopic (exact) mass is 255 g/mol. The first-order valence-electron chi connectivity index (χ1n) is 5.10. The maximum atomic E-state index is 7.60. The molecule has 1 rings (SSSR count). The molecule has 5 nitrogen and oxygen atoms in total. The third kappa shape index (κ3) is 6.42. The highest BCUT2D eigenvalue weighted by atomic mass is 35.5. The maximum Gasteiger partial charge on any atom is 0.199 e. The van der Waals surface area contributed by atoms with Crippen LogP contribution in [0.15, 0.2) is 30.3 Å². The van der Waals surface area contributed by atoms with Crippen LogP contribution in [0.25, 0.3) is 0 Å². The van der Waals surface area contributed by atoms with E-state index in [-0.39, 0.29) is 30.4 Å². The Morgan fingerprint density at radius 1 is 1.06 bits per heavy atom. The van der Waals surface area contributed by atoms with Gasteiger partial charge in [-0.05, 0) is 26.0 Å². The van der Waals surface area contributed by atoms with Gasteiger partial charge < -0.3 is 10.6 Å². The van der Waals surface area contributed by atoms with E-state index in [0.717, 1.165) is 5.69 Å². The lowest BCUT2D eigenvalue weighted by Crippen LogP contribution is -2.45. The standard InChI is InChI=1S/C11H17N5.ClH/c1-8(2)14-10(12)16-11(13)15-9-6-4-3-5-7-9;/h3-8H,1-2H3,(H5,12,13,14,15,16);1H. The normalized spacial score (nSPS) is 9.12. The van der Waals surface area contributed by atoms with Crippen LogP contribution in [0.5, 0.6) is 0 Å². The Kier molecular flexibility index (Phi) is 6.74. The van der Waals surface area contributed by atoms with Crippen molar-refractivity contribution >= 4 is 30.0 Å². The quantitative estimate of drug-likeness (QED) is 0.414. The van der Waals surface area contributed by atoms with Crippen LogP contribution >= 0.6 is 12.4 Å². The molecule has 0 fully saturated rings. The molecule has 0 aliphatic heterocycles. The van der Waals surface area contributed by atoms with Gasteiger partial charge in [-0.1, -0.05) is 18.2 Å². The van der Waals surface area contributed by atoms with Crippen molar-refractivity contribution in [3.05, 3.63) is 30.3 Å². The van der Waals surface area contributed by atoms with Crippen molar-refractivity contribution in [3.63, 3.8) is 0 Å². The van der Waals surface area contributed by atoms with Crippen LogP contribution in [-0.2, 0) is 0 Å². The fraction of sp³-hybridized carbons (Fsp3) is 0.273. The molecule has 0 radical (unpaired) electrons. The number of anilines is 1. The van der Waals surface area contributed by atoms with Crippen LogP contribution in [0.3, 0.4) is 0 Å². The average Bonchev–Trinajstić information content (AvgIpc) is 2.17. The molecule has 17 heavy (non-hydrogen) atoms. The van der Waals surface area contributed by atoms with Crippen LogP contribution in [0.2, 0.25) is 0 Å². The van der Waals surface area contributed by atoms with Gasteiger partial charge in [0.05, 0.1) is 0 Å². The Bertz CT molecular complexity index is 363. The lowest BCUT2D eigenvalue weighted by Gasteiger charge is -2.14. The van der Waals surface area contributed by atoms with E-state index in [4.69, 9.17) is 10.8 Å². The second-order valence-electron chi connectivity index (χ2n) is 3.67. The number of guanidine groups is 2. The predicted molar refractivity (Wildman–Crippen MR) is 74.2 cm³/mol. The van der Waals surface area contributed by atoms with Gasteiger partial charge in [0.25, 0.3) is 0 Å². The lowest BCUT2D eigenvalue weighted by atomic mass is 10.3. The van der Waals surface area contributed by atoms with Crippen LogP contribution in [0, 0.1) is 10.8 Å². The zero-order valence-corrected chi connectivity index (χ0v) is 10.7. The second kappa shape index (κ2) is 7.51. The van der Waals surface area contributed by atoms with Crippen molar-refractivity contribution in [1.82, 2.24) is 10.6 Å². The van der Waals surface area contributed by atoms with E-state index >= 15 is 0 Å². The van der Waals surface area contributed by atoms with Crippen LogP contribution in [-0.4, -0.2) is 18.0 Å². The average molecular weight is 256 g/mol. The minimum Gasteiger partial charge on any atom is -0.354 e. The van der Waals surface area contributed by atoms with E-state index in [1.807, 2.05) is 44.2 Å². The second-order valence-corrected chi connectivity index (χ2v) is 3.67. The summed E-state index contributed by atoms with van der Waals surface area (Å²) in [5.41, 5.74) is 0.817. The fourth-order valence-electron chi connectivity index (χ4n) is 1.15. The number of hydrogen-bond acceptors (Lipinski definition) is 2. The van der Waals surface area contributed by atoms with Gasteiger partial charge in [-0.2, -0.15) is 0 Å². The number of hydrogen-bond donors (Lipinski definition) is 5. The van der Waals surface area contributed by atoms with Gasteiger partial charge in [-0.25, -0.2) is 0 Å². The van der Waals surface area contributed by atoms with E-state index in [2.05, 4.69) is 16.0 Å². The summed E-state index contributed by atoms with van der Waals surface area (Å²) in [7, 11) is 0. The van der Waals surface area contributed by atoms with E-state index in [0.29, 0.717) is 0 Å². The molecule has 1 aromatic carbocycles. The summed E-state index contributed by atoms with van der Waals surface area (Å²) in [6.45, 7) is 3.87. The molecule has 0 saturated heterocycles. The summed E-state index contributed by atoms with van der Waals surface area (Å²) >= 11 is 0. The molecule has 0 spiro atoms. The zero-order valence-electron chi connectivity index (χ0n) is 9.87. The molecule has 0 amide bonds. The van der Waals surface area contributed by atoms with Gasteiger partial charge in [0.1, 0.15) is 0 Å². The van der Waals surface area contributed by atoms with Gasteiger partial charge >= 0.3 is 0 Å². The van der Waals surface area contributed by atoms with Gasteiger partial charge in [-0.15, -0.1) is 12.4 Å². The molecule has 6 heteroatoms. The number of nitrogens with one attached hydrogen (secondary N) is 5. The number of halogens is 1. The summed E-state index contributed by atoms with van der Waals surface area (Å²) in [4.78, 5) is 0. The van der Waals surface area contributed by atoms with Crippen molar-refractivity contribution in [3.8, 4) is 0 Å². The van der Waals surface area contributed by atoms with Crippen molar-refractivity contribution in [2.45, 2.75) is 19.9 Å². The van der Waals surface area contributed by atoms with Gasteiger partial charge in [0.15, 0.2) is 11.9 Å². The molecular formula is C11H18ClN5. The Hall–Kier alpha value is -1.75. The third-order valence-electron chi connectivity index (χ3n) is 1.73. The molecule has 0 saturated carbocycles. The summed E-state index contributed by atoms with van der Waals surface area (Å²) < 4.78 is 0. The van der Waals surface area contributed by atoms with Crippen LogP contribution in [0.4, 0.5) is 5.69 Å². The van der Waals surface area contributed by atoms with Gasteiger partial charge in [-0.3, -0.25) is 16.1 Å². The number of rotatable bonds is 2. The van der Waals surface area contributed by atoms with E-state index < -0.39 is 0 Å². The van der Waals surface area contributed by atoms with Gasteiger partial charge in [0.2, 0.25) is 0 Å². The molecule has 0 heterocycles. The van der Waals surface area contributed by atoms with Crippen molar-refractivity contribution in [2.75, 3.05) is 5.32 Å². The first-order chi connectivity index (χ1) is 7.58. The lowest BCUT2D eigenvalue weighted by molar-refractivity contribution is 0.718. The van der Waals surface area contributed by atoms with E-state index in [9.17, 15) is 0 Å². The summed E-state index contributed by atoms with van der Waals surface area (Å²) in [6, 6.07) is 9.56. The molecule has 0 aliphatic carbocycles. The summed E-state index contributed by atoms with van der Waals surface area (Å²) in [6.07, 6.45) is 0. The molecule has 5 N–H and O–H groups in total. The zero-order chi connectivity index (χ0) is 12.0. The molecule has 0 aromatic heterocycles. The first kappa shape index (κ1) is 15.2. The highest BCUT2D eigenvalue weighted by Crippen LogP contribution is 2.03. The topological polar surface area (TPSA) is 83.8 Å². The van der Waals surface area contributed by atoms with E-state index in [1.165, 1.54) is 0 Å². The smallest absolute Gasteiger partial charge is 0.199 e. The minimum absolute atomic E-state index is 0. The maximum absolute atomic E-state index is 7.60. The van der Waals surface area contributed by atoms with Crippen LogP contribution in [0.1, 0.15) is 13.8 Å². The predicted octanol–water partition coefficient (Wildman–Crippen LogP) is 1.98. The van der Waals surface area contributed by atoms with Crippen molar-refractivity contribution < 1.29 is 0 Å². The molecule has 0 bridgehead atoms. The Labute approximate surface area is 107 Å². The molecule has 94 valence electrons. The highest BCUT2D eigenvalue weighted by molar-refractivity contribution is 6.02. The summed E-state index contributed by atoms with van der Waals surface area (Å²) in [5, 5.41) is 23.4. The van der Waals surface area contributed by atoms with Crippen LogP contribution < -0.4 is 16.0 Å². The summed E-state index contributed by atoms with van der Waals surface area (Å²) in [5.74, 6) is 0.188. The highest BCUT2D eigenvalue weighted by Gasteiger charge is 2.01. The van der Waals surface area contributed by atoms with Crippen molar-refractivity contribution in [2.24, 2.45) is 0 Å². The van der Waals surface area contributed by atoms with E-state index in [1.54, 1.807) is 0 Å². The molecular weight excluding hydrogens is 238 g/mol. The number of para-hydroxylation sites is 1. The Balaban J connectivity index is 0.00000256. The largest absolute Gasteiger partial charge is 0.354 e. The molecule has 0 atom stereocenters. The molecule has 1 aromatic rings. The minimum atomic E-state index is 0. The SMILES string of the molecule is CC(C)NC(=N)NC(=N)Nc1ccccc1.Cl. The Morgan fingerprint density at radius 2 is 1.65 bits per heavy atom. The fourth-order valence-corrected chi connectivity index (χ4v) is 1.15.